The molecule has 3 heteroatoms. The first-order valence-corrected chi connectivity index (χ1v) is 8.18. The molecule has 110 valence electrons. The minimum absolute atomic E-state index is 0.257. The van der Waals surface area contributed by atoms with Crippen LogP contribution in [0.15, 0.2) is 0 Å². The standard InChI is InChI=1S/C16H30N2O/c1-4-6-12(7-5-2)16(19)18(3)15-10-13-8-9-14(11-15)17-13/h12-15,17H,4-11H2,1-3H3. The van der Waals surface area contributed by atoms with Crippen LogP contribution in [0.1, 0.15) is 65.2 Å². The van der Waals surface area contributed by atoms with Gasteiger partial charge in [-0.3, -0.25) is 4.79 Å². The van der Waals surface area contributed by atoms with Crippen molar-refractivity contribution in [3.8, 4) is 0 Å². The first-order valence-electron chi connectivity index (χ1n) is 8.18. The number of nitrogens with one attached hydrogen (secondary N) is 1. The lowest BCUT2D eigenvalue weighted by molar-refractivity contribution is -0.137. The van der Waals surface area contributed by atoms with Crippen LogP contribution in [0.5, 0.6) is 0 Å². The van der Waals surface area contributed by atoms with Crippen LogP contribution >= 0.6 is 0 Å². The highest BCUT2D eigenvalue weighted by Gasteiger charge is 2.37. The second-order valence-electron chi connectivity index (χ2n) is 6.49. The van der Waals surface area contributed by atoms with E-state index in [1.165, 1.54) is 12.8 Å². The van der Waals surface area contributed by atoms with Crippen LogP contribution < -0.4 is 5.32 Å². The normalized spacial score (nSPS) is 29.8. The number of nitrogens with zero attached hydrogens (tertiary/aromatic N) is 1. The molecular weight excluding hydrogens is 236 g/mol. The molecule has 2 aliphatic heterocycles. The van der Waals surface area contributed by atoms with Gasteiger partial charge < -0.3 is 10.2 Å². The molecule has 0 aliphatic carbocycles. The van der Waals surface area contributed by atoms with E-state index in [2.05, 4.69) is 24.1 Å². The molecular formula is C16H30N2O. The van der Waals surface area contributed by atoms with Crippen molar-refractivity contribution >= 4 is 5.91 Å². The minimum Gasteiger partial charge on any atom is -0.342 e. The van der Waals surface area contributed by atoms with Crippen LogP contribution in [0.4, 0.5) is 0 Å². The Kier molecular flexibility index (Phi) is 5.26. The molecule has 2 aliphatic rings. The fourth-order valence-electron chi connectivity index (χ4n) is 3.90. The van der Waals surface area contributed by atoms with Gasteiger partial charge in [0.1, 0.15) is 0 Å². The molecule has 2 rings (SSSR count). The molecule has 2 unspecified atom stereocenters. The monoisotopic (exact) mass is 266 g/mol. The molecule has 0 saturated carbocycles. The maximum atomic E-state index is 12.7. The van der Waals surface area contributed by atoms with Crippen LogP contribution in [0.2, 0.25) is 0 Å². The van der Waals surface area contributed by atoms with Crippen molar-refractivity contribution in [1.82, 2.24) is 10.2 Å². The van der Waals surface area contributed by atoms with Crippen molar-refractivity contribution in [3.05, 3.63) is 0 Å². The highest BCUT2D eigenvalue weighted by molar-refractivity contribution is 5.78. The lowest BCUT2D eigenvalue weighted by atomic mass is 9.93. The zero-order valence-corrected chi connectivity index (χ0v) is 12.8. The zero-order valence-electron chi connectivity index (χ0n) is 12.8. The highest BCUT2D eigenvalue weighted by atomic mass is 16.2. The number of hydrogen-bond acceptors (Lipinski definition) is 2. The lowest BCUT2D eigenvalue weighted by Crippen LogP contribution is -2.50. The lowest BCUT2D eigenvalue weighted by Gasteiger charge is -2.37. The molecule has 2 atom stereocenters. The molecule has 2 fully saturated rings. The van der Waals surface area contributed by atoms with E-state index in [4.69, 9.17) is 0 Å². The quantitative estimate of drug-likeness (QED) is 0.801. The predicted octanol–water partition coefficient (Wildman–Crippen LogP) is 2.94. The van der Waals surface area contributed by atoms with E-state index in [1.807, 2.05) is 7.05 Å². The summed E-state index contributed by atoms with van der Waals surface area (Å²) in [7, 11) is 2.04. The van der Waals surface area contributed by atoms with Gasteiger partial charge in [-0.15, -0.1) is 0 Å². The van der Waals surface area contributed by atoms with Gasteiger partial charge in [0.25, 0.3) is 0 Å². The van der Waals surface area contributed by atoms with E-state index in [9.17, 15) is 4.79 Å². The average Bonchev–Trinajstić information content (AvgIpc) is 2.75. The van der Waals surface area contributed by atoms with Crippen molar-refractivity contribution in [2.75, 3.05) is 7.05 Å². The maximum Gasteiger partial charge on any atom is 0.225 e. The number of rotatable bonds is 6. The third-order valence-electron chi connectivity index (χ3n) is 4.97. The Hall–Kier alpha value is -0.570. The highest BCUT2D eigenvalue weighted by Crippen LogP contribution is 2.30. The Morgan fingerprint density at radius 2 is 1.68 bits per heavy atom. The van der Waals surface area contributed by atoms with Gasteiger partial charge in [-0.2, -0.15) is 0 Å². The fraction of sp³-hybridized carbons (Fsp3) is 0.938. The van der Waals surface area contributed by atoms with Gasteiger partial charge in [0.15, 0.2) is 0 Å². The summed E-state index contributed by atoms with van der Waals surface area (Å²) in [6.45, 7) is 4.36. The molecule has 1 N–H and O–H groups in total. The fourth-order valence-corrected chi connectivity index (χ4v) is 3.90. The summed E-state index contributed by atoms with van der Waals surface area (Å²) in [6, 6.07) is 1.80. The van der Waals surface area contributed by atoms with Gasteiger partial charge in [0.05, 0.1) is 0 Å². The molecule has 0 radical (unpaired) electrons. The number of piperidine rings is 1. The van der Waals surface area contributed by atoms with E-state index >= 15 is 0 Å². The van der Waals surface area contributed by atoms with Crippen molar-refractivity contribution in [3.63, 3.8) is 0 Å². The zero-order chi connectivity index (χ0) is 13.8. The van der Waals surface area contributed by atoms with Gasteiger partial charge >= 0.3 is 0 Å². The summed E-state index contributed by atoms with van der Waals surface area (Å²) in [4.78, 5) is 14.7. The second kappa shape index (κ2) is 6.74. The Morgan fingerprint density at radius 3 is 2.16 bits per heavy atom. The molecule has 0 aromatic rings. The van der Waals surface area contributed by atoms with Crippen LogP contribution in [-0.2, 0) is 4.79 Å². The van der Waals surface area contributed by atoms with Crippen molar-refractivity contribution in [2.24, 2.45) is 5.92 Å². The van der Waals surface area contributed by atoms with E-state index < -0.39 is 0 Å². The third-order valence-corrected chi connectivity index (χ3v) is 4.97. The van der Waals surface area contributed by atoms with Gasteiger partial charge in [0.2, 0.25) is 5.91 Å². The first-order chi connectivity index (χ1) is 9.15. The number of carbonyl (C=O) groups is 1. The first kappa shape index (κ1) is 14.8. The van der Waals surface area contributed by atoms with Crippen LogP contribution in [0.3, 0.4) is 0 Å². The smallest absolute Gasteiger partial charge is 0.225 e. The number of fused-ring (bicyclic) bond motifs is 2. The number of hydrogen-bond donors (Lipinski definition) is 1. The van der Waals surface area contributed by atoms with Gasteiger partial charge in [0, 0.05) is 31.1 Å². The van der Waals surface area contributed by atoms with E-state index in [0.29, 0.717) is 24.0 Å². The largest absolute Gasteiger partial charge is 0.342 e. The van der Waals surface area contributed by atoms with Crippen LogP contribution in [0, 0.1) is 5.92 Å². The maximum absolute atomic E-state index is 12.7. The van der Waals surface area contributed by atoms with E-state index in [0.717, 1.165) is 38.5 Å². The number of carbonyl (C=O) groups excluding carboxylic acids is 1. The minimum atomic E-state index is 0.257. The van der Waals surface area contributed by atoms with E-state index in [-0.39, 0.29) is 5.92 Å². The molecule has 1 amide bonds. The Labute approximate surface area is 118 Å². The Morgan fingerprint density at radius 1 is 1.16 bits per heavy atom. The Balaban J connectivity index is 1.93. The second-order valence-corrected chi connectivity index (χ2v) is 6.49. The predicted molar refractivity (Wildman–Crippen MR) is 79.0 cm³/mol. The summed E-state index contributed by atoms with van der Waals surface area (Å²) in [6.07, 6.45) is 9.24. The summed E-state index contributed by atoms with van der Waals surface area (Å²) < 4.78 is 0. The average molecular weight is 266 g/mol. The summed E-state index contributed by atoms with van der Waals surface area (Å²) >= 11 is 0. The molecule has 3 nitrogen and oxygen atoms in total. The van der Waals surface area contributed by atoms with Gasteiger partial charge in [-0.05, 0) is 38.5 Å². The SMILES string of the molecule is CCCC(CCC)C(=O)N(C)C1CC2CCC(C1)N2. The van der Waals surface area contributed by atoms with Gasteiger partial charge in [-0.25, -0.2) is 0 Å². The van der Waals surface area contributed by atoms with Crippen molar-refractivity contribution in [2.45, 2.75) is 83.3 Å². The molecule has 2 saturated heterocycles. The third kappa shape index (κ3) is 3.50. The van der Waals surface area contributed by atoms with Crippen molar-refractivity contribution in [1.29, 1.82) is 0 Å². The van der Waals surface area contributed by atoms with Crippen LogP contribution in [-0.4, -0.2) is 36.0 Å². The molecule has 2 bridgehead atoms. The molecule has 2 heterocycles. The summed E-state index contributed by atoms with van der Waals surface area (Å²) in [5, 5.41) is 3.66. The van der Waals surface area contributed by atoms with Gasteiger partial charge in [-0.1, -0.05) is 26.7 Å². The van der Waals surface area contributed by atoms with E-state index in [1.54, 1.807) is 0 Å². The Bertz CT molecular complexity index is 287. The topological polar surface area (TPSA) is 32.3 Å². The van der Waals surface area contributed by atoms with Crippen LogP contribution in [0.25, 0.3) is 0 Å². The summed E-state index contributed by atoms with van der Waals surface area (Å²) in [5.74, 6) is 0.655. The molecule has 19 heavy (non-hydrogen) atoms. The van der Waals surface area contributed by atoms with Crippen molar-refractivity contribution < 1.29 is 4.79 Å². The molecule has 0 aromatic carbocycles. The molecule has 0 spiro atoms. The number of amides is 1. The summed E-state index contributed by atoms with van der Waals surface area (Å²) in [5.41, 5.74) is 0. The molecule has 0 aromatic heterocycles.